The van der Waals surface area contributed by atoms with Gasteiger partial charge in [-0.25, -0.2) is 0 Å². The summed E-state index contributed by atoms with van der Waals surface area (Å²) in [6, 6.07) is 0. The van der Waals surface area contributed by atoms with Crippen LogP contribution in [0.1, 0.15) is 38.5 Å². The van der Waals surface area contributed by atoms with Crippen LogP contribution in [0.5, 0.6) is 0 Å². The minimum Gasteiger partial charge on any atom is -0.360 e. The van der Waals surface area contributed by atoms with Crippen molar-refractivity contribution < 1.29 is 0 Å². The third-order valence-electron chi connectivity index (χ3n) is 3.19. The van der Waals surface area contributed by atoms with Gasteiger partial charge in [0.2, 0.25) is 0 Å². The summed E-state index contributed by atoms with van der Waals surface area (Å²) in [4.78, 5) is 2.25. The molecule has 0 aromatic carbocycles. The Morgan fingerprint density at radius 2 is 1.67 bits per heavy atom. The lowest BCUT2D eigenvalue weighted by molar-refractivity contribution is 0.269. The summed E-state index contributed by atoms with van der Waals surface area (Å²) >= 11 is 0. The zero-order valence-corrected chi connectivity index (χ0v) is 7.68. The summed E-state index contributed by atoms with van der Waals surface area (Å²) in [5.74, 6) is 1.56. The minimum atomic E-state index is 0.610. The van der Waals surface area contributed by atoms with Gasteiger partial charge < -0.3 is 4.90 Å². The van der Waals surface area contributed by atoms with Crippen LogP contribution in [0.3, 0.4) is 0 Å². The van der Waals surface area contributed by atoms with Crippen LogP contribution >= 0.6 is 0 Å². The maximum Gasteiger partial charge on any atom is 0.0989 e. The lowest BCUT2D eigenvalue weighted by Gasteiger charge is -2.37. The zero-order chi connectivity index (χ0) is 8.39. The fourth-order valence-electron chi connectivity index (χ4n) is 2.19. The summed E-state index contributed by atoms with van der Waals surface area (Å²) in [6.07, 6.45) is 7.94. The van der Waals surface area contributed by atoms with Gasteiger partial charge in [-0.1, -0.05) is 19.3 Å². The number of hydrogen-bond donors (Lipinski definition) is 1. The average Bonchev–Trinajstić information content (AvgIpc) is 2.03. The number of likely N-dealkylation sites (tertiary alicyclic amines) is 1. The van der Waals surface area contributed by atoms with Crippen molar-refractivity contribution >= 4 is 5.84 Å². The van der Waals surface area contributed by atoms with Crippen LogP contribution in [0.4, 0.5) is 0 Å². The van der Waals surface area contributed by atoms with Crippen LogP contribution in [0.15, 0.2) is 0 Å². The van der Waals surface area contributed by atoms with E-state index in [1.165, 1.54) is 38.5 Å². The predicted octanol–water partition coefficient (Wildman–Crippen LogP) is 2.25. The number of hydrogen-bond acceptors (Lipinski definition) is 1. The number of nitrogens with zero attached hydrogens (tertiary/aromatic N) is 1. The first-order valence-electron chi connectivity index (χ1n) is 5.21. The van der Waals surface area contributed by atoms with E-state index >= 15 is 0 Å². The van der Waals surface area contributed by atoms with Crippen LogP contribution in [-0.2, 0) is 0 Å². The molecular weight excluding hydrogens is 148 g/mol. The molecule has 0 aromatic heterocycles. The van der Waals surface area contributed by atoms with Gasteiger partial charge in [0.1, 0.15) is 0 Å². The Bertz CT molecular complexity index is 167. The van der Waals surface area contributed by atoms with Crippen LogP contribution in [0.25, 0.3) is 0 Å². The molecule has 0 aromatic rings. The third-order valence-corrected chi connectivity index (χ3v) is 3.19. The molecule has 0 unspecified atom stereocenters. The van der Waals surface area contributed by atoms with Gasteiger partial charge in [-0.3, -0.25) is 5.41 Å². The highest BCUT2D eigenvalue weighted by molar-refractivity contribution is 5.82. The number of nitrogens with one attached hydrogen (secondary N) is 1. The van der Waals surface area contributed by atoms with Gasteiger partial charge >= 0.3 is 0 Å². The molecule has 0 atom stereocenters. The van der Waals surface area contributed by atoms with Crippen molar-refractivity contribution in [3.63, 3.8) is 0 Å². The molecule has 12 heavy (non-hydrogen) atoms. The molecule has 2 heteroatoms. The second kappa shape index (κ2) is 3.46. The first kappa shape index (κ1) is 8.09. The highest BCUT2D eigenvalue weighted by Crippen LogP contribution is 2.26. The van der Waals surface area contributed by atoms with Crippen molar-refractivity contribution in [2.75, 3.05) is 13.1 Å². The fraction of sp³-hybridized carbons (Fsp3) is 0.900. The summed E-state index contributed by atoms with van der Waals surface area (Å²) in [6.45, 7) is 2.30. The van der Waals surface area contributed by atoms with E-state index < -0.39 is 0 Å². The van der Waals surface area contributed by atoms with E-state index in [-0.39, 0.29) is 0 Å². The van der Waals surface area contributed by atoms with Crippen LogP contribution in [0, 0.1) is 11.3 Å². The second-order valence-corrected chi connectivity index (χ2v) is 4.06. The van der Waals surface area contributed by atoms with E-state index in [0.29, 0.717) is 5.92 Å². The average molecular weight is 166 g/mol. The van der Waals surface area contributed by atoms with E-state index in [1.807, 2.05) is 0 Å². The monoisotopic (exact) mass is 166 g/mol. The van der Waals surface area contributed by atoms with Gasteiger partial charge in [-0.2, -0.15) is 0 Å². The SMILES string of the molecule is N=C(C1CCCCC1)N1CCC1. The molecule has 1 saturated carbocycles. The Balaban J connectivity index is 1.84. The van der Waals surface area contributed by atoms with E-state index in [1.54, 1.807) is 0 Å². The van der Waals surface area contributed by atoms with Gasteiger partial charge in [-0.05, 0) is 19.3 Å². The summed E-state index contributed by atoms with van der Waals surface area (Å²) in [5, 5.41) is 7.97. The van der Waals surface area contributed by atoms with Crippen molar-refractivity contribution in [2.24, 2.45) is 5.92 Å². The van der Waals surface area contributed by atoms with E-state index in [9.17, 15) is 0 Å². The Morgan fingerprint density at radius 3 is 2.17 bits per heavy atom. The molecule has 0 radical (unpaired) electrons. The molecule has 2 fully saturated rings. The molecule has 1 aliphatic heterocycles. The Labute approximate surface area is 74.5 Å². The normalized spacial score (nSPS) is 25.2. The van der Waals surface area contributed by atoms with Gasteiger partial charge in [-0.15, -0.1) is 0 Å². The highest BCUT2D eigenvalue weighted by atomic mass is 15.2. The summed E-state index contributed by atoms with van der Waals surface area (Å²) < 4.78 is 0. The zero-order valence-electron chi connectivity index (χ0n) is 7.68. The van der Waals surface area contributed by atoms with Crippen molar-refractivity contribution in [2.45, 2.75) is 38.5 Å². The van der Waals surface area contributed by atoms with Gasteiger partial charge in [0, 0.05) is 19.0 Å². The lowest BCUT2D eigenvalue weighted by atomic mass is 9.87. The van der Waals surface area contributed by atoms with E-state index in [0.717, 1.165) is 18.9 Å². The van der Waals surface area contributed by atoms with Crippen molar-refractivity contribution in [1.29, 1.82) is 5.41 Å². The topological polar surface area (TPSA) is 27.1 Å². The Kier molecular flexibility index (Phi) is 2.33. The molecule has 2 nitrogen and oxygen atoms in total. The number of rotatable bonds is 1. The van der Waals surface area contributed by atoms with Crippen LogP contribution in [-0.4, -0.2) is 23.8 Å². The Hall–Kier alpha value is -0.530. The number of amidine groups is 1. The first-order valence-corrected chi connectivity index (χ1v) is 5.21. The third kappa shape index (κ3) is 1.47. The minimum absolute atomic E-state index is 0.610. The Morgan fingerprint density at radius 1 is 1.00 bits per heavy atom. The molecule has 0 bridgehead atoms. The van der Waals surface area contributed by atoms with Crippen molar-refractivity contribution in [1.82, 2.24) is 4.90 Å². The molecule has 2 rings (SSSR count). The quantitative estimate of drug-likeness (QED) is 0.469. The van der Waals surface area contributed by atoms with Gasteiger partial charge in [0.25, 0.3) is 0 Å². The van der Waals surface area contributed by atoms with Gasteiger partial charge in [0.15, 0.2) is 0 Å². The van der Waals surface area contributed by atoms with E-state index in [2.05, 4.69) is 4.90 Å². The molecule has 2 aliphatic rings. The molecule has 1 saturated heterocycles. The largest absolute Gasteiger partial charge is 0.360 e. The first-order chi connectivity index (χ1) is 5.88. The summed E-state index contributed by atoms with van der Waals surface area (Å²) in [7, 11) is 0. The smallest absolute Gasteiger partial charge is 0.0989 e. The molecule has 1 heterocycles. The van der Waals surface area contributed by atoms with Crippen molar-refractivity contribution in [3.05, 3.63) is 0 Å². The molecule has 68 valence electrons. The van der Waals surface area contributed by atoms with Crippen molar-refractivity contribution in [3.8, 4) is 0 Å². The maximum absolute atomic E-state index is 7.97. The fourth-order valence-corrected chi connectivity index (χ4v) is 2.19. The molecule has 1 aliphatic carbocycles. The standard InChI is InChI=1S/C10H18N2/c11-10(12-7-4-8-12)9-5-2-1-3-6-9/h9,11H,1-8H2. The summed E-state index contributed by atoms with van der Waals surface area (Å²) in [5.41, 5.74) is 0. The molecule has 0 amide bonds. The van der Waals surface area contributed by atoms with Gasteiger partial charge in [0.05, 0.1) is 5.84 Å². The highest BCUT2D eigenvalue weighted by Gasteiger charge is 2.25. The van der Waals surface area contributed by atoms with Crippen LogP contribution < -0.4 is 0 Å². The van der Waals surface area contributed by atoms with E-state index in [4.69, 9.17) is 5.41 Å². The predicted molar refractivity (Wildman–Crippen MR) is 50.5 cm³/mol. The second-order valence-electron chi connectivity index (χ2n) is 4.06. The van der Waals surface area contributed by atoms with Crippen LogP contribution in [0.2, 0.25) is 0 Å². The molecule has 0 spiro atoms. The molecular formula is C10H18N2. The lowest BCUT2D eigenvalue weighted by Crippen LogP contribution is -2.45. The maximum atomic E-state index is 7.97. The molecule has 1 N–H and O–H groups in total.